The number of carbonyl (C=O) groups is 3. The molecule has 1 fully saturated rings. The van der Waals surface area contributed by atoms with E-state index in [0.29, 0.717) is 25.5 Å². The highest BCUT2D eigenvalue weighted by molar-refractivity contribution is 5.97. The Morgan fingerprint density at radius 1 is 1.29 bits per heavy atom. The number of hydrogen-bond donors (Lipinski definition) is 1. The van der Waals surface area contributed by atoms with Crippen LogP contribution in [0.1, 0.15) is 23.2 Å². The molecule has 24 heavy (non-hydrogen) atoms. The van der Waals surface area contributed by atoms with Gasteiger partial charge in [0.25, 0.3) is 5.91 Å². The number of halogens is 2. The minimum Gasteiger partial charge on any atom is -0.347 e. The zero-order valence-electron chi connectivity index (χ0n) is 13.5. The normalized spacial score (nSPS) is 16.8. The third kappa shape index (κ3) is 3.87. The lowest BCUT2D eigenvalue weighted by atomic mass is 10.2. The van der Waals surface area contributed by atoms with Crippen LogP contribution in [0, 0.1) is 11.6 Å². The molecule has 0 spiro atoms. The first-order chi connectivity index (χ1) is 11.3. The predicted octanol–water partition coefficient (Wildman–Crippen LogP) is 0.774. The van der Waals surface area contributed by atoms with Gasteiger partial charge in [-0.15, -0.1) is 0 Å². The van der Waals surface area contributed by atoms with E-state index >= 15 is 0 Å². The second-order valence-corrected chi connectivity index (χ2v) is 5.78. The molecule has 2 rings (SSSR count). The van der Waals surface area contributed by atoms with E-state index in [1.54, 1.807) is 14.1 Å². The monoisotopic (exact) mass is 339 g/mol. The minimum absolute atomic E-state index is 0.170. The zero-order valence-corrected chi connectivity index (χ0v) is 13.5. The molecule has 0 radical (unpaired) electrons. The molecule has 1 aromatic rings. The molecule has 0 aromatic heterocycles. The van der Waals surface area contributed by atoms with Crippen LogP contribution in [0.5, 0.6) is 0 Å². The minimum atomic E-state index is -0.998. The second kappa shape index (κ2) is 7.37. The van der Waals surface area contributed by atoms with Crippen LogP contribution in [0.15, 0.2) is 18.2 Å². The maximum Gasteiger partial charge on any atom is 0.254 e. The van der Waals surface area contributed by atoms with Gasteiger partial charge in [-0.3, -0.25) is 14.4 Å². The van der Waals surface area contributed by atoms with Crippen molar-refractivity contribution in [2.45, 2.75) is 18.9 Å². The molecule has 1 aliphatic rings. The molecule has 1 heterocycles. The molecular weight excluding hydrogens is 320 g/mol. The summed E-state index contributed by atoms with van der Waals surface area (Å²) in [5.74, 6) is -3.18. The fraction of sp³-hybridized carbons (Fsp3) is 0.438. The highest BCUT2D eigenvalue weighted by atomic mass is 19.1. The molecule has 1 N–H and O–H groups in total. The number of likely N-dealkylation sites (N-methyl/N-ethyl adjacent to an activating group) is 1. The zero-order chi connectivity index (χ0) is 17.9. The first-order valence-corrected chi connectivity index (χ1v) is 7.55. The van der Waals surface area contributed by atoms with Gasteiger partial charge in [-0.1, -0.05) is 0 Å². The smallest absolute Gasteiger partial charge is 0.254 e. The molecular formula is C16H19F2N3O3. The summed E-state index contributed by atoms with van der Waals surface area (Å²) in [5, 5.41) is 2.31. The van der Waals surface area contributed by atoms with E-state index in [2.05, 4.69) is 5.32 Å². The number of nitrogens with zero attached hydrogens (tertiary/aromatic N) is 2. The Bertz CT molecular complexity index is 664. The third-order valence-electron chi connectivity index (χ3n) is 3.87. The van der Waals surface area contributed by atoms with E-state index < -0.39 is 29.5 Å². The molecule has 6 nitrogen and oxygen atoms in total. The molecule has 0 saturated carbocycles. The average molecular weight is 339 g/mol. The molecule has 3 amide bonds. The van der Waals surface area contributed by atoms with Gasteiger partial charge in [0.05, 0.1) is 12.1 Å². The van der Waals surface area contributed by atoms with E-state index in [1.807, 2.05) is 0 Å². The Balaban J connectivity index is 1.97. The van der Waals surface area contributed by atoms with Crippen molar-refractivity contribution in [1.29, 1.82) is 0 Å². The number of rotatable bonds is 4. The van der Waals surface area contributed by atoms with Gasteiger partial charge in [0, 0.05) is 26.7 Å². The maximum atomic E-state index is 13.5. The van der Waals surface area contributed by atoms with Crippen LogP contribution < -0.4 is 5.32 Å². The third-order valence-corrected chi connectivity index (χ3v) is 3.87. The fourth-order valence-electron chi connectivity index (χ4n) is 2.65. The SMILES string of the molecule is CN(C)C(=O)C1CCCN1C(=O)CNC(=O)c1ccc(F)cc1F. The molecule has 0 aliphatic carbocycles. The summed E-state index contributed by atoms with van der Waals surface area (Å²) < 4.78 is 26.4. The number of nitrogens with one attached hydrogen (secondary N) is 1. The van der Waals surface area contributed by atoms with Crippen molar-refractivity contribution in [3.05, 3.63) is 35.4 Å². The van der Waals surface area contributed by atoms with Gasteiger partial charge in [0.1, 0.15) is 17.7 Å². The largest absolute Gasteiger partial charge is 0.347 e. The maximum absolute atomic E-state index is 13.5. The molecule has 0 bridgehead atoms. The molecule has 1 atom stereocenters. The molecule has 1 saturated heterocycles. The van der Waals surface area contributed by atoms with Gasteiger partial charge >= 0.3 is 0 Å². The topological polar surface area (TPSA) is 69.7 Å². The van der Waals surface area contributed by atoms with Crippen LogP contribution in [0.3, 0.4) is 0 Å². The van der Waals surface area contributed by atoms with Gasteiger partial charge in [-0.2, -0.15) is 0 Å². The fourth-order valence-corrected chi connectivity index (χ4v) is 2.65. The lowest BCUT2D eigenvalue weighted by molar-refractivity contribution is -0.141. The Kier molecular flexibility index (Phi) is 5.48. The highest BCUT2D eigenvalue weighted by Gasteiger charge is 2.34. The Hall–Kier alpha value is -2.51. The summed E-state index contributed by atoms with van der Waals surface area (Å²) in [6.45, 7) is 0.0801. The van der Waals surface area contributed by atoms with Crippen LogP contribution in [0.25, 0.3) is 0 Å². The molecule has 1 aromatic carbocycles. The van der Waals surface area contributed by atoms with E-state index in [0.717, 1.165) is 12.1 Å². The van der Waals surface area contributed by atoms with Crippen LogP contribution in [0.4, 0.5) is 8.78 Å². The van der Waals surface area contributed by atoms with Crippen molar-refractivity contribution >= 4 is 17.7 Å². The summed E-state index contributed by atoms with van der Waals surface area (Å²) in [5.41, 5.74) is -0.341. The average Bonchev–Trinajstić information content (AvgIpc) is 3.00. The van der Waals surface area contributed by atoms with Crippen molar-refractivity contribution < 1.29 is 23.2 Å². The van der Waals surface area contributed by atoms with Crippen LogP contribution in [-0.2, 0) is 9.59 Å². The van der Waals surface area contributed by atoms with Gasteiger partial charge in [-0.05, 0) is 25.0 Å². The summed E-state index contributed by atoms with van der Waals surface area (Å²) >= 11 is 0. The number of hydrogen-bond acceptors (Lipinski definition) is 3. The summed E-state index contributed by atoms with van der Waals surface area (Å²) in [7, 11) is 3.23. The highest BCUT2D eigenvalue weighted by Crippen LogP contribution is 2.18. The van der Waals surface area contributed by atoms with Crippen molar-refractivity contribution in [1.82, 2.24) is 15.1 Å². The van der Waals surface area contributed by atoms with Gasteiger partial charge in [0.2, 0.25) is 11.8 Å². The van der Waals surface area contributed by atoms with Gasteiger partial charge < -0.3 is 15.1 Å². The van der Waals surface area contributed by atoms with Crippen LogP contribution in [-0.4, -0.2) is 60.7 Å². The molecule has 130 valence electrons. The van der Waals surface area contributed by atoms with Gasteiger partial charge in [0.15, 0.2) is 0 Å². The van der Waals surface area contributed by atoms with Crippen LogP contribution >= 0.6 is 0 Å². The summed E-state index contributed by atoms with van der Waals surface area (Å²) in [6.07, 6.45) is 1.28. The van der Waals surface area contributed by atoms with Crippen molar-refractivity contribution in [2.24, 2.45) is 0 Å². The first kappa shape index (κ1) is 17.8. The quantitative estimate of drug-likeness (QED) is 0.881. The molecule has 1 aliphatic heterocycles. The van der Waals surface area contributed by atoms with Gasteiger partial charge in [-0.25, -0.2) is 8.78 Å². The number of likely N-dealkylation sites (tertiary alicyclic amines) is 1. The number of carbonyl (C=O) groups excluding carboxylic acids is 3. The van der Waals surface area contributed by atoms with Crippen molar-refractivity contribution in [3.8, 4) is 0 Å². The van der Waals surface area contributed by atoms with E-state index in [1.165, 1.54) is 9.80 Å². The Morgan fingerprint density at radius 3 is 2.62 bits per heavy atom. The van der Waals surface area contributed by atoms with Crippen LogP contribution in [0.2, 0.25) is 0 Å². The lowest BCUT2D eigenvalue weighted by Gasteiger charge is -2.26. The predicted molar refractivity (Wildman–Crippen MR) is 82.1 cm³/mol. The second-order valence-electron chi connectivity index (χ2n) is 5.78. The van der Waals surface area contributed by atoms with E-state index in [9.17, 15) is 23.2 Å². The van der Waals surface area contributed by atoms with Crippen molar-refractivity contribution in [3.63, 3.8) is 0 Å². The first-order valence-electron chi connectivity index (χ1n) is 7.55. The Labute approximate surface area is 138 Å². The molecule has 1 unspecified atom stereocenters. The molecule has 8 heteroatoms. The van der Waals surface area contributed by atoms with Crippen molar-refractivity contribution in [2.75, 3.05) is 27.2 Å². The lowest BCUT2D eigenvalue weighted by Crippen LogP contribution is -2.48. The van der Waals surface area contributed by atoms with E-state index in [-0.39, 0.29) is 18.0 Å². The number of benzene rings is 1. The number of amides is 3. The summed E-state index contributed by atoms with van der Waals surface area (Å²) in [6, 6.07) is 2.04. The van der Waals surface area contributed by atoms with E-state index in [4.69, 9.17) is 0 Å². The summed E-state index contributed by atoms with van der Waals surface area (Å²) in [4.78, 5) is 39.0. The standard InChI is InChI=1S/C16H19F2N3O3/c1-20(2)16(24)13-4-3-7-21(13)14(22)9-19-15(23)11-6-5-10(17)8-12(11)18/h5-6,8,13H,3-4,7,9H2,1-2H3,(H,19,23). The Morgan fingerprint density at radius 2 is 2.00 bits per heavy atom.